The Bertz CT molecular complexity index is 1120. The Morgan fingerprint density at radius 3 is 2.44 bits per heavy atom. The van der Waals surface area contributed by atoms with Crippen LogP contribution in [0.5, 0.6) is 0 Å². The van der Waals surface area contributed by atoms with Crippen LogP contribution in [-0.2, 0) is 20.2 Å². The van der Waals surface area contributed by atoms with Gasteiger partial charge in [0.1, 0.15) is 0 Å². The number of alkyl halides is 2. The zero-order chi connectivity index (χ0) is 24.3. The topological polar surface area (TPSA) is 79.0 Å². The van der Waals surface area contributed by atoms with E-state index in [1.807, 2.05) is 19.1 Å². The summed E-state index contributed by atoms with van der Waals surface area (Å²) in [5, 5.41) is 2.85. The number of urea groups is 1. The molecule has 1 fully saturated rings. The number of likely N-dealkylation sites (tertiary alicyclic amines) is 1. The lowest BCUT2D eigenvalue weighted by atomic mass is 9.74. The number of carbonyl (C=O) groups is 1. The van der Waals surface area contributed by atoms with Gasteiger partial charge >= 0.3 is 6.03 Å². The molecule has 184 valence electrons. The van der Waals surface area contributed by atoms with Crippen molar-refractivity contribution in [3.63, 3.8) is 0 Å². The molecule has 1 spiro atoms. The number of rotatable bonds is 7. The lowest BCUT2D eigenvalue weighted by Gasteiger charge is -2.39. The van der Waals surface area contributed by atoms with Crippen LogP contribution >= 0.6 is 0 Å². The minimum Gasteiger partial charge on any atom is -0.380 e. The molecule has 0 radical (unpaired) electrons. The third kappa shape index (κ3) is 4.61. The van der Waals surface area contributed by atoms with Crippen molar-refractivity contribution >= 4 is 21.7 Å². The standard InChI is InChI=1S/C24H29F2N3O4S/c1-2-33-16-13-27-23(30)28-14-11-24(12-15-28)17-29(21-6-4-3-5-20(21)24)34(31,32)19-9-7-18(8-10-19)22(25)26/h3-10,22H,2,11-17H2,1H3,(H,27,30). The van der Waals surface area contributed by atoms with Crippen molar-refractivity contribution in [3.8, 4) is 0 Å². The maximum atomic E-state index is 13.5. The number of hydrogen-bond donors (Lipinski definition) is 1. The van der Waals surface area contributed by atoms with Gasteiger partial charge in [-0.05, 0) is 43.5 Å². The Morgan fingerprint density at radius 2 is 1.79 bits per heavy atom. The minimum atomic E-state index is -3.94. The first kappa shape index (κ1) is 24.4. The van der Waals surface area contributed by atoms with Crippen molar-refractivity contribution in [3.05, 3.63) is 59.7 Å². The number of halogens is 2. The highest BCUT2D eigenvalue weighted by Gasteiger charge is 2.48. The molecule has 0 bridgehead atoms. The summed E-state index contributed by atoms with van der Waals surface area (Å²) >= 11 is 0. The molecule has 0 aromatic heterocycles. The summed E-state index contributed by atoms with van der Waals surface area (Å²) in [5.74, 6) is 0. The van der Waals surface area contributed by atoms with Gasteiger partial charge < -0.3 is 15.0 Å². The van der Waals surface area contributed by atoms with Gasteiger partial charge in [-0.2, -0.15) is 0 Å². The van der Waals surface area contributed by atoms with Crippen LogP contribution in [0.3, 0.4) is 0 Å². The molecule has 2 aliphatic rings. The summed E-state index contributed by atoms with van der Waals surface area (Å²) < 4.78 is 59.5. The molecule has 2 heterocycles. The number of amides is 2. The number of hydrogen-bond acceptors (Lipinski definition) is 4. The zero-order valence-corrected chi connectivity index (χ0v) is 19.9. The van der Waals surface area contributed by atoms with Gasteiger partial charge in [-0.25, -0.2) is 22.0 Å². The molecule has 0 aliphatic carbocycles. The van der Waals surface area contributed by atoms with E-state index in [9.17, 15) is 22.0 Å². The van der Waals surface area contributed by atoms with Crippen LogP contribution in [-0.4, -0.2) is 58.7 Å². The summed E-state index contributed by atoms with van der Waals surface area (Å²) in [6, 6.07) is 12.0. The smallest absolute Gasteiger partial charge is 0.317 e. The molecule has 0 saturated carbocycles. The molecule has 1 saturated heterocycles. The Morgan fingerprint density at radius 1 is 1.12 bits per heavy atom. The van der Waals surface area contributed by atoms with Gasteiger partial charge in [-0.15, -0.1) is 0 Å². The van der Waals surface area contributed by atoms with Crippen LogP contribution in [0.1, 0.15) is 37.3 Å². The average molecular weight is 494 g/mol. The highest BCUT2D eigenvalue weighted by molar-refractivity contribution is 7.92. The van der Waals surface area contributed by atoms with Gasteiger partial charge in [0.05, 0.1) is 17.2 Å². The first-order valence-corrected chi connectivity index (χ1v) is 12.8. The number of piperidine rings is 1. The fraction of sp³-hybridized carbons (Fsp3) is 0.458. The lowest BCUT2D eigenvalue weighted by Crippen LogP contribution is -2.50. The second kappa shape index (κ2) is 9.87. The molecule has 1 N–H and O–H groups in total. The van der Waals surface area contributed by atoms with Crippen molar-refractivity contribution in [2.75, 3.05) is 43.7 Å². The number of anilines is 1. The fourth-order valence-electron chi connectivity index (χ4n) is 4.76. The Kier molecular flexibility index (Phi) is 7.09. The van der Waals surface area contributed by atoms with E-state index in [0.717, 1.165) is 17.7 Å². The second-order valence-corrected chi connectivity index (χ2v) is 10.5. The molecular formula is C24H29F2N3O4S. The Labute approximate surface area is 198 Å². The summed E-state index contributed by atoms with van der Waals surface area (Å²) in [6.07, 6.45) is -1.41. The van der Waals surface area contributed by atoms with Crippen molar-refractivity contribution in [2.45, 2.75) is 36.5 Å². The lowest BCUT2D eigenvalue weighted by molar-refractivity contribution is 0.138. The molecule has 2 aromatic rings. The highest BCUT2D eigenvalue weighted by Crippen LogP contribution is 2.48. The van der Waals surface area contributed by atoms with Gasteiger partial charge in [0, 0.05) is 43.8 Å². The van der Waals surface area contributed by atoms with E-state index < -0.39 is 21.9 Å². The molecule has 34 heavy (non-hydrogen) atoms. The van der Waals surface area contributed by atoms with E-state index in [1.54, 1.807) is 17.0 Å². The minimum absolute atomic E-state index is 0.0186. The maximum Gasteiger partial charge on any atom is 0.317 e. The first-order chi connectivity index (χ1) is 16.3. The van der Waals surface area contributed by atoms with Gasteiger partial charge in [0.15, 0.2) is 0 Å². The monoisotopic (exact) mass is 493 g/mol. The Hall–Kier alpha value is -2.72. The molecule has 2 aliphatic heterocycles. The number of carbonyl (C=O) groups excluding carboxylic acids is 1. The summed E-state index contributed by atoms with van der Waals surface area (Å²) in [4.78, 5) is 14.2. The molecule has 2 aromatic carbocycles. The molecule has 4 rings (SSSR count). The van der Waals surface area contributed by atoms with Crippen LogP contribution in [0.15, 0.2) is 53.4 Å². The SMILES string of the molecule is CCOCCNC(=O)N1CCC2(CC1)CN(S(=O)(=O)c1ccc(C(F)F)cc1)c1ccccc12. The van der Waals surface area contributed by atoms with Crippen LogP contribution in [0.4, 0.5) is 19.3 Å². The summed E-state index contributed by atoms with van der Waals surface area (Å²) in [7, 11) is -3.94. The largest absolute Gasteiger partial charge is 0.380 e. The fourth-order valence-corrected chi connectivity index (χ4v) is 6.33. The van der Waals surface area contributed by atoms with Crippen molar-refractivity contribution in [1.82, 2.24) is 10.2 Å². The van der Waals surface area contributed by atoms with E-state index in [-0.39, 0.29) is 23.0 Å². The number of ether oxygens (including phenoxy) is 1. The first-order valence-electron chi connectivity index (χ1n) is 11.4. The van der Waals surface area contributed by atoms with Crippen molar-refractivity contribution in [1.29, 1.82) is 0 Å². The quantitative estimate of drug-likeness (QED) is 0.593. The van der Waals surface area contributed by atoms with Crippen LogP contribution < -0.4 is 9.62 Å². The number of fused-ring (bicyclic) bond motifs is 2. The van der Waals surface area contributed by atoms with E-state index in [4.69, 9.17) is 4.74 Å². The highest BCUT2D eigenvalue weighted by atomic mass is 32.2. The van der Waals surface area contributed by atoms with Gasteiger partial charge in [-0.1, -0.05) is 30.3 Å². The van der Waals surface area contributed by atoms with Crippen LogP contribution in [0.2, 0.25) is 0 Å². The van der Waals surface area contributed by atoms with E-state index in [2.05, 4.69) is 5.32 Å². The normalized spacial score (nSPS) is 17.3. The summed E-state index contributed by atoms with van der Waals surface area (Å²) in [6.45, 7) is 4.65. The number of sulfonamides is 1. The average Bonchev–Trinajstić information content (AvgIpc) is 3.17. The van der Waals surface area contributed by atoms with Crippen molar-refractivity contribution < 1.29 is 26.7 Å². The van der Waals surface area contributed by atoms with E-state index in [0.29, 0.717) is 51.4 Å². The van der Waals surface area contributed by atoms with Gasteiger partial charge in [0.25, 0.3) is 16.4 Å². The van der Waals surface area contributed by atoms with Crippen molar-refractivity contribution in [2.24, 2.45) is 0 Å². The second-order valence-electron chi connectivity index (χ2n) is 8.59. The molecule has 7 nitrogen and oxygen atoms in total. The van der Waals surface area contributed by atoms with Gasteiger partial charge in [-0.3, -0.25) is 4.31 Å². The number of nitrogens with zero attached hydrogens (tertiary/aromatic N) is 2. The zero-order valence-electron chi connectivity index (χ0n) is 19.0. The molecule has 10 heteroatoms. The van der Waals surface area contributed by atoms with E-state index >= 15 is 0 Å². The predicted molar refractivity (Wildman–Crippen MR) is 125 cm³/mol. The third-order valence-electron chi connectivity index (χ3n) is 6.64. The molecule has 2 amide bonds. The summed E-state index contributed by atoms with van der Waals surface area (Å²) in [5.41, 5.74) is 0.924. The van der Waals surface area contributed by atoms with Crippen LogP contribution in [0.25, 0.3) is 0 Å². The number of nitrogens with one attached hydrogen (secondary N) is 1. The number of para-hydroxylation sites is 1. The molecular weight excluding hydrogens is 464 g/mol. The third-order valence-corrected chi connectivity index (χ3v) is 8.42. The molecule has 0 atom stereocenters. The maximum absolute atomic E-state index is 13.5. The van der Waals surface area contributed by atoms with E-state index in [1.165, 1.54) is 16.4 Å². The number of benzene rings is 2. The predicted octanol–water partition coefficient (Wildman–Crippen LogP) is 3.91. The van der Waals surface area contributed by atoms with Gasteiger partial charge in [0.2, 0.25) is 0 Å². The Balaban J connectivity index is 1.52. The van der Waals surface area contributed by atoms with Crippen LogP contribution in [0, 0.1) is 0 Å². The molecule has 0 unspecified atom stereocenters.